The standard InChI is InChI=1S/C8H15NO2/c10-6-8-5-9(3-4-11-8)7-1-2-7/h7-8,10H,1-6H2. The van der Waals surface area contributed by atoms with Gasteiger partial charge in [0.1, 0.15) is 0 Å². The lowest BCUT2D eigenvalue weighted by Gasteiger charge is -2.31. The van der Waals surface area contributed by atoms with Gasteiger partial charge in [-0.25, -0.2) is 0 Å². The van der Waals surface area contributed by atoms with E-state index in [9.17, 15) is 0 Å². The van der Waals surface area contributed by atoms with E-state index < -0.39 is 0 Å². The summed E-state index contributed by atoms with van der Waals surface area (Å²) in [5.41, 5.74) is 0. The fraction of sp³-hybridized carbons (Fsp3) is 1.00. The fourth-order valence-corrected chi connectivity index (χ4v) is 1.62. The summed E-state index contributed by atoms with van der Waals surface area (Å²) in [4.78, 5) is 2.43. The molecule has 3 nitrogen and oxygen atoms in total. The van der Waals surface area contributed by atoms with E-state index >= 15 is 0 Å². The van der Waals surface area contributed by atoms with Crippen molar-refractivity contribution >= 4 is 0 Å². The van der Waals surface area contributed by atoms with Crippen LogP contribution in [-0.2, 0) is 4.74 Å². The Morgan fingerprint density at radius 2 is 2.27 bits per heavy atom. The van der Waals surface area contributed by atoms with E-state index in [0.29, 0.717) is 0 Å². The van der Waals surface area contributed by atoms with Gasteiger partial charge in [0.15, 0.2) is 0 Å². The average Bonchev–Trinajstić information content (AvgIpc) is 2.87. The van der Waals surface area contributed by atoms with Crippen LogP contribution in [0.15, 0.2) is 0 Å². The predicted octanol–water partition coefficient (Wildman–Crippen LogP) is -0.158. The van der Waals surface area contributed by atoms with Gasteiger partial charge in [-0.3, -0.25) is 4.90 Å². The first-order valence-corrected chi connectivity index (χ1v) is 4.36. The lowest BCUT2D eigenvalue weighted by atomic mass is 10.3. The fourth-order valence-electron chi connectivity index (χ4n) is 1.62. The third-order valence-corrected chi connectivity index (χ3v) is 2.44. The highest BCUT2D eigenvalue weighted by Gasteiger charge is 2.32. The van der Waals surface area contributed by atoms with Gasteiger partial charge < -0.3 is 9.84 Å². The number of hydrogen-bond acceptors (Lipinski definition) is 3. The Morgan fingerprint density at radius 1 is 1.45 bits per heavy atom. The van der Waals surface area contributed by atoms with Crippen molar-refractivity contribution < 1.29 is 9.84 Å². The van der Waals surface area contributed by atoms with E-state index in [0.717, 1.165) is 25.7 Å². The minimum Gasteiger partial charge on any atom is -0.394 e. The normalized spacial score (nSPS) is 34.1. The SMILES string of the molecule is OCC1CN(C2CC2)CCO1. The molecule has 0 spiro atoms. The number of rotatable bonds is 2. The predicted molar refractivity (Wildman–Crippen MR) is 41.4 cm³/mol. The van der Waals surface area contributed by atoms with Crippen LogP contribution in [0.4, 0.5) is 0 Å². The Hall–Kier alpha value is -0.120. The van der Waals surface area contributed by atoms with Gasteiger partial charge in [-0.1, -0.05) is 0 Å². The Kier molecular flexibility index (Phi) is 2.11. The van der Waals surface area contributed by atoms with Gasteiger partial charge in [0.05, 0.1) is 19.3 Å². The van der Waals surface area contributed by atoms with E-state index in [1.54, 1.807) is 0 Å². The van der Waals surface area contributed by atoms with Gasteiger partial charge in [0.25, 0.3) is 0 Å². The van der Waals surface area contributed by atoms with Crippen molar-refractivity contribution in [2.45, 2.75) is 25.0 Å². The molecule has 11 heavy (non-hydrogen) atoms. The molecule has 3 heteroatoms. The molecule has 0 radical (unpaired) electrons. The van der Waals surface area contributed by atoms with Crippen LogP contribution < -0.4 is 0 Å². The average molecular weight is 157 g/mol. The molecule has 0 aromatic rings. The van der Waals surface area contributed by atoms with Crippen molar-refractivity contribution in [2.75, 3.05) is 26.3 Å². The van der Waals surface area contributed by atoms with Gasteiger partial charge in [-0.15, -0.1) is 0 Å². The van der Waals surface area contributed by atoms with E-state index in [1.807, 2.05) is 0 Å². The maximum Gasteiger partial charge on any atom is 0.0932 e. The van der Waals surface area contributed by atoms with Crippen LogP contribution in [0.1, 0.15) is 12.8 Å². The van der Waals surface area contributed by atoms with Gasteiger partial charge in [-0.2, -0.15) is 0 Å². The van der Waals surface area contributed by atoms with Crippen LogP contribution in [0.5, 0.6) is 0 Å². The molecule has 1 N–H and O–H groups in total. The quantitative estimate of drug-likeness (QED) is 0.604. The van der Waals surface area contributed by atoms with Crippen molar-refractivity contribution in [3.63, 3.8) is 0 Å². The largest absolute Gasteiger partial charge is 0.394 e. The van der Waals surface area contributed by atoms with Crippen molar-refractivity contribution in [1.82, 2.24) is 4.90 Å². The monoisotopic (exact) mass is 157 g/mol. The molecule has 0 amide bonds. The Morgan fingerprint density at radius 3 is 2.91 bits per heavy atom. The maximum atomic E-state index is 8.86. The second-order valence-corrected chi connectivity index (χ2v) is 3.40. The van der Waals surface area contributed by atoms with Crippen molar-refractivity contribution in [2.24, 2.45) is 0 Å². The van der Waals surface area contributed by atoms with Crippen LogP contribution in [0.2, 0.25) is 0 Å². The number of nitrogens with zero attached hydrogens (tertiary/aromatic N) is 1. The molecule has 2 fully saturated rings. The molecule has 1 unspecified atom stereocenters. The third-order valence-electron chi connectivity index (χ3n) is 2.44. The van der Waals surface area contributed by atoms with Crippen LogP contribution >= 0.6 is 0 Å². The number of morpholine rings is 1. The Labute approximate surface area is 66.9 Å². The van der Waals surface area contributed by atoms with E-state index in [-0.39, 0.29) is 12.7 Å². The minimum atomic E-state index is 0.0735. The molecule has 0 aromatic heterocycles. The summed E-state index contributed by atoms with van der Waals surface area (Å²) in [7, 11) is 0. The number of ether oxygens (including phenoxy) is 1. The Balaban J connectivity index is 1.82. The number of aliphatic hydroxyl groups is 1. The minimum absolute atomic E-state index is 0.0735. The number of aliphatic hydroxyl groups excluding tert-OH is 1. The molecule has 1 aliphatic carbocycles. The van der Waals surface area contributed by atoms with E-state index in [2.05, 4.69) is 4.90 Å². The highest BCUT2D eigenvalue weighted by atomic mass is 16.5. The van der Waals surface area contributed by atoms with Crippen LogP contribution in [0.25, 0.3) is 0 Å². The molecule has 1 atom stereocenters. The third kappa shape index (κ3) is 1.72. The van der Waals surface area contributed by atoms with Crippen molar-refractivity contribution in [1.29, 1.82) is 0 Å². The smallest absolute Gasteiger partial charge is 0.0932 e. The molecule has 1 saturated heterocycles. The zero-order chi connectivity index (χ0) is 7.68. The zero-order valence-electron chi connectivity index (χ0n) is 6.70. The molecule has 1 saturated carbocycles. The summed E-state index contributed by atoms with van der Waals surface area (Å²) in [5.74, 6) is 0. The van der Waals surface area contributed by atoms with Crippen LogP contribution in [-0.4, -0.2) is 48.5 Å². The molecular weight excluding hydrogens is 142 g/mol. The molecule has 1 heterocycles. The van der Waals surface area contributed by atoms with Crippen LogP contribution in [0, 0.1) is 0 Å². The molecule has 64 valence electrons. The lowest BCUT2D eigenvalue weighted by molar-refractivity contribution is -0.0551. The summed E-state index contributed by atoms with van der Waals surface area (Å²) in [6.07, 6.45) is 2.76. The zero-order valence-corrected chi connectivity index (χ0v) is 6.70. The van der Waals surface area contributed by atoms with Gasteiger partial charge in [0.2, 0.25) is 0 Å². The molecule has 0 aromatic carbocycles. The van der Waals surface area contributed by atoms with Crippen molar-refractivity contribution in [3.05, 3.63) is 0 Å². The topological polar surface area (TPSA) is 32.7 Å². The van der Waals surface area contributed by atoms with E-state index in [4.69, 9.17) is 9.84 Å². The second-order valence-electron chi connectivity index (χ2n) is 3.40. The molecule has 2 rings (SSSR count). The summed E-state index contributed by atoms with van der Waals surface area (Å²) in [5, 5.41) is 8.86. The highest BCUT2D eigenvalue weighted by molar-refractivity contribution is 4.87. The van der Waals surface area contributed by atoms with Gasteiger partial charge >= 0.3 is 0 Å². The summed E-state index contributed by atoms with van der Waals surface area (Å²) < 4.78 is 5.34. The molecule has 2 aliphatic rings. The van der Waals surface area contributed by atoms with Gasteiger partial charge in [0, 0.05) is 19.1 Å². The first kappa shape index (κ1) is 7.53. The maximum absolute atomic E-state index is 8.86. The van der Waals surface area contributed by atoms with E-state index in [1.165, 1.54) is 12.8 Å². The van der Waals surface area contributed by atoms with Crippen molar-refractivity contribution in [3.8, 4) is 0 Å². The first-order chi connectivity index (χ1) is 5.40. The Bertz CT molecular complexity index is 136. The second kappa shape index (κ2) is 3.09. The summed E-state index contributed by atoms with van der Waals surface area (Å²) >= 11 is 0. The molecule has 0 bridgehead atoms. The van der Waals surface area contributed by atoms with Crippen LogP contribution in [0.3, 0.4) is 0 Å². The highest BCUT2D eigenvalue weighted by Crippen LogP contribution is 2.27. The number of hydrogen-bond donors (Lipinski definition) is 1. The first-order valence-electron chi connectivity index (χ1n) is 4.36. The van der Waals surface area contributed by atoms with Gasteiger partial charge in [-0.05, 0) is 12.8 Å². The summed E-state index contributed by atoms with van der Waals surface area (Å²) in [6.45, 7) is 2.95. The lowest BCUT2D eigenvalue weighted by Crippen LogP contribution is -2.44. The summed E-state index contributed by atoms with van der Waals surface area (Å²) in [6, 6.07) is 0.813. The molecule has 1 aliphatic heterocycles. The molecular formula is C8H15NO2.